The summed E-state index contributed by atoms with van der Waals surface area (Å²) in [5, 5.41) is 5.34. The predicted molar refractivity (Wildman–Crippen MR) is 90.9 cm³/mol. The molecular weight excluding hydrogens is 340 g/mol. The molecule has 1 atom stereocenters. The Bertz CT molecular complexity index is 699. The van der Waals surface area contributed by atoms with E-state index in [-0.39, 0.29) is 25.3 Å². The van der Waals surface area contributed by atoms with E-state index in [4.69, 9.17) is 14.2 Å². The van der Waals surface area contributed by atoms with E-state index in [2.05, 4.69) is 10.6 Å². The van der Waals surface area contributed by atoms with Crippen molar-refractivity contribution in [1.29, 1.82) is 0 Å². The molecular formula is C18H22N2O6. The Hall–Kier alpha value is -2.77. The fraction of sp³-hybridized carbons (Fsp3) is 0.500. The molecule has 3 rings (SSSR count). The summed E-state index contributed by atoms with van der Waals surface area (Å²) in [5.41, 5.74) is 0.342. The Morgan fingerprint density at radius 2 is 1.92 bits per heavy atom. The van der Waals surface area contributed by atoms with Crippen LogP contribution in [0.5, 0.6) is 11.5 Å². The van der Waals surface area contributed by atoms with Crippen LogP contribution in [-0.4, -0.2) is 43.3 Å². The number of ether oxygens (including phenoxy) is 3. The second-order valence-electron chi connectivity index (χ2n) is 6.37. The van der Waals surface area contributed by atoms with Crippen LogP contribution in [0, 0.1) is 0 Å². The molecule has 0 bridgehead atoms. The van der Waals surface area contributed by atoms with Crippen LogP contribution in [0.3, 0.4) is 0 Å². The van der Waals surface area contributed by atoms with Crippen LogP contribution in [0.25, 0.3) is 0 Å². The standard InChI is InChI=1S/C18H22N2O6/c1-11(17(22)20-13-4-2-3-5-13)26-16(21)9-19-18(23)12-6-7-14-15(8-12)25-10-24-14/h6-8,11,13H,2-5,9-10H2,1H3,(H,19,23)(H,20,22)/t11-/m1/s1. The molecule has 0 radical (unpaired) electrons. The SMILES string of the molecule is C[C@@H](OC(=O)CNC(=O)c1ccc2c(c1)OCO2)C(=O)NC1CCCC1. The number of hydrogen-bond acceptors (Lipinski definition) is 6. The van der Waals surface area contributed by atoms with Crippen LogP contribution in [0.4, 0.5) is 0 Å². The summed E-state index contributed by atoms with van der Waals surface area (Å²) in [6.45, 7) is 1.31. The topological polar surface area (TPSA) is 103 Å². The molecule has 2 aliphatic rings. The Morgan fingerprint density at radius 3 is 2.69 bits per heavy atom. The van der Waals surface area contributed by atoms with Gasteiger partial charge >= 0.3 is 5.97 Å². The average molecular weight is 362 g/mol. The molecule has 1 aliphatic carbocycles. The van der Waals surface area contributed by atoms with Crippen molar-refractivity contribution in [3.63, 3.8) is 0 Å². The van der Waals surface area contributed by atoms with Gasteiger partial charge in [-0.2, -0.15) is 0 Å². The van der Waals surface area contributed by atoms with Crippen molar-refractivity contribution >= 4 is 17.8 Å². The van der Waals surface area contributed by atoms with Crippen LogP contribution in [-0.2, 0) is 14.3 Å². The number of hydrogen-bond donors (Lipinski definition) is 2. The van der Waals surface area contributed by atoms with Gasteiger partial charge in [-0.15, -0.1) is 0 Å². The normalized spacial score (nSPS) is 16.8. The summed E-state index contributed by atoms with van der Waals surface area (Å²) in [4.78, 5) is 36.0. The van der Waals surface area contributed by atoms with E-state index in [0.29, 0.717) is 17.1 Å². The lowest BCUT2D eigenvalue weighted by Gasteiger charge is -2.17. The molecule has 1 aromatic rings. The fourth-order valence-electron chi connectivity index (χ4n) is 2.97. The molecule has 1 heterocycles. The van der Waals surface area contributed by atoms with E-state index in [1.54, 1.807) is 18.2 Å². The van der Waals surface area contributed by atoms with E-state index in [0.717, 1.165) is 25.7 Å². The fourth-order valence-corrected chi connectivity index (χ4v) is 2.97. The van der Waals surface area contributed by atoms with Crippen LogP contribution in [0.1, 0.15) is 43.0 Å². The quantitative estimate of drug-likeness (QED) is 0.736. The smallest absolute Gasteiger partial charge is 0.326 e. The summed E-state index contributed by atoms with van der Waals surface area (Å²) in [6, 6.07) is 4.91. The molecule has 8 heteroatoms. The first-order valence-corrected chi connectivity index (χ1v) is 8.70. The molecule has 8 nitrogen and oxygen atoms in total. The van der Waals surface area contributed by atoms with Gasteiger partial charge in [0, 0.05) is 11.6 Å². The van der Waals surface area contributed by atoms with Gasteiger partial charge in [-0.25, -0.2) is 0 Å². The van der Waals surface area contributed by atoms with Gasteiger partial charge in [-0.05, 0) is 38.0 Å². The third-order valence-electron chi connectivity index (χ3n) is 4.41. The lowest BCUT2D eigenvalue weighted by atomic mass is 10.2. The maximum atomic E-state index is 12.1. The van der Waals surface area contributed by atoms with Crippen molar-refractivity contribution < 1.29 is 28.6 Å². The lowest BCUT2D eigenvalue weighted by Crippen LogP contribution is -2.42. The Kier molecular flexibility index (Phi) is 5.60. The van der Waals surface area contributed by atoms with Gasteiger partial charge in [0.1, 0.15) is 6.54 Å². The first-order chi connectivity index (χ1) is 12.5. The molecule has 1 aromatic carbocycles. The zero-order chi connectivity index (χ0) is 18.5. The van der Waals surface area contributed by atoms with Crippen LogP contribution in [0.15, 0.2) is 18.2 Å². The maximum absolute atomic E-state index is 12.1. The van der Waals surface area contributed by atoms with Crippen molar-refractivity contribution in [1.82, 2.24) is 10.6 Å². The summed E-state index contributed by atoms with van der Waals surface area (Å²) in [7, 11) is 0. The number of fused-ring (bicyclic) bond motifs is 1. The van der Waals surface area contributed by atoms with Crippen LogP contribution < -0.4 is 20.1 Å². The van der Waals surface area contributed by atoms with Crippen LogP contribution >= 0.6 is 0 Å². The first-order valence-electron chi connectivity index (χ1n) is 8.70. The number of nitrogens with one attached hydrogen (secondary N) is 2. The van der Waals surface area contributed by atoms with E-state index in [1.807, 2.05) is 0 Å². The second-order valence-corrected chi connectivity index (χ2v) is 6.37. The second kappa shape index (κ2) is 8.07. The van der Waals surface area contributed by atoms with E-state index >= 15 is 0 Å². The number of carbonyl (C=O) groups is 3. The third-order valence-corrected chi connectivity index (χ3v) is 4.41. The first kappa shape index (κ1) is 18.0. The molecule has 0 saturated heterocycles. The molecule has 2 amide bonds. The number of benzene rings is 1. The zero-order valence-electron chi connectivity index (χ0n) is 14.6. The summed E-state index contributed by atoms with van der Waals surface area (Å²) in [6.07, 6.45) is 3.22. The summed E-state index contributed by atoms with van der Waals surface area (Å²) < 4.78 is 15.5. The Morgan fingerprint density at radius 1 is 1.19 bits per heavy atom. The minimum Gasteiger partial charge on any atom is -0.454 e. The largest absolute Gasteiger partial charge is 0.454 e. The van der Waals surface area contributed by atoms with Gasteiger partial charge in [0.2, 0.25) is 6.79 Å². The highest BCUT2D eigenvalue weighted by Gasteiger charge is 2.23. The molecule has 0 unspecified atom stereocenters. The average Bonchev–Trinajstić information content (AvgIpc) is 3.30. The molecule has 140 valence electrons. The molecule has 1 aliphatic heterocycles. The molecule has 2 N–H and O–H groups in total. The number of esters is 1. The molecule has 0 spiro atoms. The van der Waals surface area contributed by atoms with E-state index in [9.17, 15) is 14.4 Å². The monoisotopic (exact) mass is 362 g/mol. The van der Waals surface area contributed by atoms with E-state index < -0.39 is 18.0 Å². The van der Waals surface area contributed by atoms with Crippen molar-refractivity contribution in [2.45, 2.75) is 44.8 Å². The van der Waals surface area contributed by atoms with Crippen molar-refractivity contribution in [3.8, 4) is 11.5 Å². The van der Waals surface area contributed by atoms with Gasteiger partial charge in [0.15, 0.2) is 17.6 Å². The van der Waals surface area contributed by atoms with Gasteiger partial charge in [-0.1, -0.05) is 12.8 Å². The molecule has 0 aromatic heterocycles. The molecule has 1 saturated carbocycles. The van der Waals surface area contributed by atoms with Gasteiger partial charge in [-0.3, -0.25) is 14.4 Å². The Balaban J connectivity index is 1.43. The Labute approximate surface area is 151 Å². The minimum absolute atomic E-state index is 0.119. The number of rotatable bonds is 6. The maximum Gasteiger partial charge on any atom is 0.326 e. The lowest BCUT2D eigenvalue weighted by molar-refractivity contribution is -0.154. The van der Waals surface area contributed by atoms with Crippen LogP contribution in [0.2, 0.25) is 0 Å². The van der Waals surface area contributed by atoms with Crippen molar-refractivity contribution in [2.75, 3.05) is 13.3 Å². The third kappa shape index (κ3) is 4.44. The predicted octanol–water partition coefficient (Wildman–Crippen LogP) is 1.14. The molecule has 26 heavy (non-hydrogen) atoms. The van der Waals surface area contributed by atoms with Crippen molar-refractivity contribution in [3.05, 3.63) is 23.8 Å². The van der Waals surface area contributed by atoms with Gasteiger partial charge in [0.05, 0.1) is 0 Å². The van der Waals surface area contributed by atoms with Gasteiger partial charge in [0.25, 0.3) is 11.8 Å². The number of amides is 2. The zero-order valence-corrected chi connectivity index (χ0v) is 14.6. The molecule has 1 fully saturated rings. The number of carbonyl (C=O) groups excluding carboxylic acids is 3. The van der Waals surface area contributed by atoms with Gasteiger partial charge < -0.3 is 24.8 Å². The highest BCUT2D eigenvalue weighted by molar-refractivity contribution is 5.96. The highest BCUT2D eigenvalue weighted by atomic mass is 16.7. The minimum atomic E-state index is -0.898. The summed E-state index contributed by atoms with van der Waals surface area (Å²) >= 11 is 0. The highest BCUT2D eigenvalue weighted by Crippen LogP contribution is 2.32. The van der Waals surface area contributed by atoms with Crippen molar-refractivity contribution in [2.24, 2.45) is 0 Å². The summed E-state index contributed by atoms with van der Waals surface area (Å²) in [5.74, 6) is -0.371. The van der Waals surface area contributed by atoms with E-state index in [1.165, 1.54) is 6.92 Å².